The minimum absolute atomic E-state index is 0. The minimum atomic E-state index is -0.129. The van der Waals surface area contributed by atoms with Gasteiger partial charge in [0, 0.05) is 19.6 Å². The molecule has 0 radical (unpaired) electrons. The molecule has 8 heteroatoms. The number of amides is 2. The summed E-state index contributed by atoms with van der Waals surface area (Å²) < 4.78 is 5.66. The monoisotopic (exact) mass is 538 g/mol. The molecule has 7 nitrogen and oxygen atoms in total. The van der Waals surface area contributed by atoms with E-state index in [0.29, 0.717) is 38.8 Å². The van der Waals surface area contributed by atoms with Gasteiger partial charge >= 0.3 is 0 Å². The first-order valence-corrected chi connectivity index (χ1v) is 10.9. The Morgan fingerprint density at radius 2 is 1.77 bits per heavy atom. The van der Waals surface area contributed by atoms with E-state index in [0.717, 1.165) is 18.5 Å². The van der Waals surface area contributed by atoms with Gasteiger partial charge in [-0.2, -0.15) is 0 Å². The number of hydrogen-bond acceptors (Lipinski definition) is 4. The fraction of sp³-hybridized carbons (Fsp3) is 0.522. The summed E-state index contributed by atoms with van der Waals surface area (Å²) in [6.07, 6.45) is 5.20. The Balaban J connectivity index is 0.00000272. The molecule has 0 aromatic heterocycles. The summed E-state index contributed by atoms with van der Waals surface area (Å²) in [6.45, 7) is 5.21. The Hall–Kier alpha value is -1.94. The summed E-state index contributed by atoms with van der Waals surface area (Å²) >= 11 is 0. The second-order valence-corrected chi connectivity index (χ2v) is 8.05. The standard InChI is InChI=1S/C23H30N4O3.HI/c1-2-24-23(26-11-13-30-15-16-6-4-3-5-7-16)25-10-12-27-21(28)19-17-8-9-18(14-17)20(19)22(27)29;/h3-9,17-20H,2,10-15H2,1H3,(H2,24,25,26);1H. The number of ether oxygens (including phenoxy) is 1. The van der Waals surface area contributed by atoms with Crippen LogP contribution in [0.5, 0.6) is 0 Å². The third-order valence-corrected chi connectivity index (χ3v) is 6.15. The van der Waals surface area contributed by atoms with E-state index in [2.05, 4.69) is 27.8 Å². The normalized spacial score (nSPS) is 26.2. The van der Waals surface area contributed by atoms with E-state index in [1.54, 1.807) is 0 Å². The molecule has 1 saturated carbocycles. The molecule has 4 atom stereocenters. The van der Waals surface area contributed by atoms with E-state index in [1.807, 2.05) is 37.3 Å². The van der Waals surface area contributed by atoms with Gasteiger partial charge in [0.1, 0.15) is 0 Å². The van der Waals surface area contributed by atoms with Gasteiger partial charge in [-0.1, -0.05) is 42.5 Å². The molecule has 4 unspecified atom stereocenters. The van der Waals surface area contributed by atoms with E-state index < -0.39 is 0 Å². The third kappa shape index (κ3) is 5.28. The molecule has 1 saturated heterocycles. The Labute approximate surface area is 200 Å². The highest BCUT2D eigenvalue weighted by molar-refractivity contribution is 14.0. The number of hydrogen-bond donors (Lipinski definition) is 2. The first kappa shape index (κ1) is 23.7. The number of nitrogens with one attached hydrogen (secondary N) is 2. The van der Waals surface area contributed by atoms with Gasteiger partial charge in [0.2, 0.25) is 11.8 Å². The molecule has 1 aromatic carbocycles. The smallest absolute Gasteiger partial charge is 0.233 e. The molecule has 2 fully saturated rings. The van der Waals surface area contributed by atoms with Gasteiger partial charge in [-0.25, -0.2) is 0 Å². The number of benzene rings is 1. The molecule has 1 aromatic rings. The molecule has 1 aliphatic heterocycles. The van der Waals surface area contributed by atoms with Crippen LogP contribution in [0.1, 0.15) is 18.9 Å². The van der Waals surface area contributed by atoms with Crippen molar-refractivity contribution in [1.29, 1.82) is 0 Å². The Morgan fingerprint density at radius 1 is 1.10 bits per heavy atom. The third-order valence-electron chi connectivity index (χ3n) is 6.15. The second kappa shape index (κ2) is 11.1. The predicted octanol–water partition coefficient (Wildman–Crippen LogP) is 2.18. The van der Waals surface area contributed by atoms with Crippen molar-refractivity contribution in [2.45, 2.75) is 20.0 Å². The van der Waals surface area contributed by atoms with Crippen molar-refractivity contribution >= 4 is 41.8 Å². The van der Waals surface area contributed by atoms with Crippen LogP contribution in [0, 0.1) is 23.7 Å². The number of rotatable bonds is 9. The highest BCUT2D eigenvalue weighted by Gasteiger charge is 2.58. The van der Waals surface area contributed by atoms with Crippen LogP contribution in [-0.4, -0.2) is 55.5 Å². The number of allylic oxidation sites excluding steroid dienone is 2. The number of halogens is 1. The topological polar surface area (TPSA) is 83.0 Å². The maximum atomic E-state index is 12.7. The summed E-state index contributed by atoms with van der Waals surface area (Å²) in [6, 6.07) is 10.0. The highest BCUT2D eigenvalue weighted by atomic mass is 127. The molecule has 2 aliphatic carbocycles. The van der Waals surface area contributed by atoms with Gasteiger partial charge in [0.25, 0.3) is 0 Å². The van der Waals surface area contributed by atoms with Crippen molar-refractivity contribution in [2.24, 2.45) is 28.7 Å². The maximum absolute atomic E-state index is 12.7. The lowest BCUT2D eigenvalue weighted by atomic mass is 9.85. The Kier molecular flexibility index (Phi) is 8.48. The lowest BCUT2D eigenvalue weighted by Gasteiger charge is -2.18. The van der Waals surface area contributed by atoms with Crippen molar-refractivity contribution in [3.8, 4) is 0 Å². The van der Waals surface area contributed by atoms with Gasteiger partial charge in [0.05, 0.1) is 31.6 Å². The fourth-order valence-electron chi connectivity index (χ4n) is 4.80. The van der Waals surface area contributed by atoms with Crippen molar-refractivity contribution < 1.29 is 14.3 Å². The highest BCUT2D eigenvalue weighted by Crippen LogP contribution is 2.52. The van der Waals surface area contributed by atoms with Gasteiger partial charge in [-0.05, 0) is 30.7 Å². The van der Waals surface area contributed by atoms with E-state index in [1.165, 1.54) is 4.90 Å². The molecule has 2 amide bonds. The first-order valence-electron chi connectivity index (χ1n) is 10.9. The van der Waals surface area contributed by atoms with Crippen LogP contribution in [0.4, 0.5) is 0 Å². The number of aliphatic imine (C=N–C) groups is 1. The van der Waals surface area contributed by atoms with Gasteiger partial charge in [-0.3, -0.25) is 19.5 Å². The summed E-state index contributed by atoms with van der Waals surface area (Å²) in [7, 11) is 0. The van der Waals surface area contributed by atoms with Gasteiger partial charge < -0.3 is 15.4 Å². The summed E-state index contributed by atoms with van der Waals surface area (Å²) in [4.78, 5) is 31.4. The minimum Gasteiger partial charge on any atom is -0.375 e. The average Bonchev–Trinajstić information content (AvgIpc) is 3.44. The summed E-state index contributed by atoms with van der Waals surface area (Å²) in [5, 5.41) is 6.41. The maximum Gasteiger partial charge on any atom is 0.233 e. The van der Waals surface area contributed by atoms with Crippen molar-refractivity contribution in [3.05, 3.63) is 48.0 Å². The predicted molar refractivity (Wildman–Crippen MR) is 130 cm³/mol. The molecule has 4 rings (SSSR count). The average molecular weight is 538 g/mol. The largest absolute Gasteiger partial charge is 0.375 e. The molecular weight excluding hydrogens is 507 g/mol. The number of carbonyl (C=O) groups is 2. The number of carbonyl (C=O) groups excluding carboxylic acids is 2. The first-order chi connectivity index (χ1) is 14.7. The van der Waals surface area contributed by atoms with Crippen LogP contribution in [-0.2, 0) is 20.9 Å². The molecule has 0 spiro atoms. The van der Waals surface area contributed by atoms with Crippen molar-refractivity contribution in [1.82, 2.24) is 15.5 Å². The molecule has 2 bridgehead atoms. The molecule has 31 heavy (non-hydrogen) atoms. The van der Waals surface area contributed by atoms with Crippen LogP contribution in [0.25, 0.3) is 0 Å². The molecular formula is C23H31IN4O3. The van der Waals surface area contributed by atoms with E-state index in [4.69, 9.17) is 4.74 Å². The number of fused-ring (bicyclic) bond motifs is 5. The zero-order valence-electron chi connectivity index (χ0n) is 17.8. The van der Waals surface area contributed by atoms with Gasteiger partial charge in [-0.15, -0.1) is 24.0 Å². The lowest BCUT2D eigenvalue weighted by Crippen LogP contribution is -2.43. The van der Waals surface area contributed by atoms with Crippen molar-refractivity contribution in [3.63, 3.8) is 0 Å². The molecule has 168 valence electrons. The Bertz CT molecular complexity index is 799. The fourth-order valence-corrected chi connectivity index (χ4v) is 4.80. The number of guanidine groups is 1. The summed E-state index contributed by atoms with van der Waals surface area (Å²) in [5.74, 6) is 0.919. The van der Waals surface area contributed by atoms with Crippen LogP contribution >= 0.6 is 24.0 Å². The van der Waals surface area contributed by atoms with E-state index >= 15 is 0 Å². The Morgan fingerprint density at radius 3 is 2.42 bits per heavy atom. The van der Waals surface area contributed by atoms with Crippen LogP contribution in [0.15, 0.2) is 47.5 Å². The van der Waals surface area contributed by atoms with Gasteiger partial charge in [0.15, 0.2) is 5.96 Å². The van der Waals surface area contributed by atoms with Crippen LogP contribution < -0.4 is 10.6 Å². The zero-order chi connectivity index (χ0) is 20.9. The van der Waals surface area contributed by atoms with Crippen molar-refractivity contribution in [2.75, 3.05) is 32.8 Å². The number of nitrogens with zero attached hydrogens (tertiary/aromatic N) is 2. The van der Waals surface area contributed by atoms with Crippen LogP contribution in [0.2, 0.25) is 0 Å². The summed E-state index contributed by atoms with van der Waals surface area (Å²) in [5.41, 5.74) is 1.14. The molecule has 2 N–H and O–H groups in total. The number of likely N-dealkylation sites (tertiary alicyclic amines) is 1. The lowest BCUT2D eigenvalue weighted by molar-refractivity contribution is -0.140. The SMILES string of the molecule is CCNC(=NCCOCc1ccccc1)NCCN1C(=O)C2C3C=CC(C3)C2C1=O.I. The molecule has 3 aliphatic rings. The van der Waals surface area contributed by atoms with Crippen LogP contribution in [0.3, 0.4) is 0 Å². The second-order valence-electron chi connectivity index (χ2n) is 8.05. The van der Waals surface area contributed by atoms with E-state index in [-0.39, 0.29) is 59.5 Å². The van der Waals surface area contributed by atoms with E-state index in [9.17, 15) is 9.59 Å². The zero-order valence-corrected chi connectivity index (χ0v) is 20.2. The quantitative estimate of drug-likeness (QED) is 0.126. The molecule has 1 heterocycles. The number of imide groups is 1.